The van der Waals surface area contributed by atoms with E-state index in [4.69, 9.17) is 0 Å². The van der Waals surface area contributed by atoms with Crippen LogP contribution < -0.4 is 0 Å². The van der Waals surface area contributed by atoms with Crippen molar-refractivity contribution in [2.45, 2.75) is 26.3 Å². The van der Waals surface area contributed by atoms with Crippen LogP contribution in [-0.4, -0.2) is 28.3 Å². The quantitative estimate of drug-likeness (QED) is 0.458. The van der Waals surface area contributed by atoms with Gasteiger partial charge in [0, 0.05) is 36.3 Å². The summed E-state index contributed by atoms with van der Waals surface area (Å²) >= 11 is 0. The number of aryl methyl sites for hydroxylation is 2. The van der Waals surface area contributed by atoms with E-state index in [0.717, 1.165) is 48.9 Å². The zero-order valence-electron chi connectivity index (χ0n) is 16.8. The van der Waals surface area contributed by atoms with Gasteiger partial charge >= 0.3 is 0 Å². The first-order valence-electron chi connectivity index (χ1n) is 10.1. The summed E-state index contributed by atoms with van der Waals surface area (Å²) < 4.78 is 2.04. The second kappa shape index (κ2) is 8.15. The van der Waals surface area contributed by atoms with E-state index in [0.29, 0.717) is 5.92 Å². The average molecular weight is 373 g/mol. The standard InChI is InChI=1S/C25H28N2O/c1-19-8-10-24-22(16-19)23(18-26(24)2)25(28)11-9-20-12-14-27(15-13-20)17-21-6-4-3-5-7-21/h3-11,16,18,20H,12-15,17H2,1-2H3. The van der Waals surface area contributed by atoms with E-state index in [-0.39, 0.29) is 5.78 Å². The van der Waals surface area contributed by atoms with Gasteiger partial charge in [-0.25, -0.2) is 0 Å². The van der Waals surface area contributed by atoms with Crippen molar-refractivity contribution in [3.05, 3.63) is 83.6 Å². The molecule has 3 nitrogen and oxygen atoms in total. The topological polar surface area (TPSA) is 25.2 Å². The van der Waals surface area contributed by atoms with E-state index in [2.05, 4.69) is 66.4 Å². The maximum absolute atomic E-state index is 12.8. The predicted molar refractivity (Wildman–Crippen MR) is 116 cm³/mol. The lowest BCUT2D eigenvalue weighted by molar-refractivity contribution is 0.104. The molecule has 0 spiro atoms. The molecule has 1 fully saturated rings. The summed E-state index contributed by atoms with van der Waals surface area (Å²) in [4.78, 5) is 15.3. The number of piperidine rings is 1. The third-order valence-corrected chi connectivity index (χ3v) is 5.81. The zero-order valence-corrected chi connectivity index (χ0v) is 16.8. The van der Waals surface area contributed by atoms with Crippen LogP contribution in [0.15, 0.2) is 66.9 Å². The summed E-state index contributed by atoms with van der Waals surface area (Å²) in [7, 11) is 2.00. The number of carbonyl (C=O) groups is 1. The molecule has 0 saturated carbocycles. The minimum Gasteiger partial charge on any atom is -0.350 e. The molecule has 0 radical (unpaired) electrons. The van der Waals surface area contributed by atoms with Gasteiger partial charge in [-0.15, -0.1) is 0 Å². The number of likely N-dealkylation sites (tertiary alicyclic amines) is 1. The summed E-state index contributed by atoms with van der Waals surface area (Å²) in [6.45, 7) is 5.27. The Kier molecular flexibility index (Phi) is 5.45. The van der Waals surface area contributed by atoms with Crippen molar-refractivity contribution in [3.8, 4) is 0 Å². The van der Waals surface area contributed by atoms with Gasteiger partial charge in [-0.05, 0) is 62.5 Å². The largest absolute Gasteiger partial charge is 0.350 e. The Morgan fingerprint density at radius 3 is 2.61 bits per heavy atom. The summed E-state index contributed by atoms with van der Waals surface area (Å²) in [5.41, 5.74) is 4.47. The first-order chi connectivity index (χ1) is 13.6. The van der Waals surface area contributed by atoms with Crippen LogP contribution in [0.25, 0.3) is 10.9 Å². The van der Waals surface area contributed by atoms with Crippen molar-refractivity contribution in [3.63, 3.8) is 0 Å². The van der Waals surface area contributed by atoms with Crippen molar-refractivity contribution in [1.82, 2.24) is 9.47 Å². The number of rotatable bonds is 5. The van der Waals surface area contributed by atoms with Gasteiger partial charge in [0.15, 0.2) is 5.78 Å². The number of hydrogen-bond acceptors (Lipinski definition) is 2. The highest BCUT2D eigenvalue weighted by molar-refractivity contribution is 6.13. The fourth-order valence-corrected chi connectivity index (χ4v) is 4.16. The fraction of sp³-hybridized carbons (Fsp3) is 0.320. The van der Waals surface area contributed by atoms with Crippen LogP contribution in [0.1, 0.15) is 34.3 Å². The van der Waals surface area contributed by atoms with Crippen LogP contribution in [0.4, 0.5) is 0 Å². The van der Waals surface area contributed by atoms with Crippen molar-refractivity contribution < 1.29 is 4.79 Å². The molecule has 1 aromatic heterocycles. The van der Waals surface area contributed by atoms with Crippen molar-refractivity contribution in [1.29, 1.82) is 0 Å². The van der Waals surface area contributed by atoms with Gasteiger partial charge in [-0.3, -0.25) is 9.69 Å². The molecule has 2 heterocycles. The second-order valence-electron chi connectivity index (χ2n) is 8.00. The van der Waals surface area contributed by atoms with E-state index < -0.39 is 0 Å². The summed E-state index contributed by atoms with van der Waals surface area (Å²) in [5, 5.41) is 1.05. The summed E-state index contributed by atoms with van der Waals surface area (Å²) in [6, 6.07) is 16.9. The predicted octanol–water partition coefficient (Wildman–Crippen LogP) is 5.14. The molecule has 144 valence electrons. The fourth-order valence-electron chi connectivity index (χ4n) is 4.16. The minimum atomic E-state index is 0.114. The lowest BCUT2D eigenvalue weighted by Crippen LogP contribution is -2.32. The Hall–Kier alpha value is -2.65. The van der Waals surface area contributed by atoms with Gasteiger partial charge in [-0.1, -0.05) is 48.0 Å². The van der Waals surface area contributed by atoms with Gasteiger partial charge in [0.2, 0.25) is 0 Å². The normalized spacial score (nSPS) is 16.2. The number of benzene rings is 2. The molecule has 0 atom stereocenters. The highest BCUT2D eigenvalue weighted by atomic mass is 16.1. The van der Waals surface area contributed by atoms with Gasteiger partial charge in [0.1, 0.15) is 0 Å². The Morgan fingerprint density at radius 2 is 1.86 bits per heavy atom. The van der Waals surface area contributed by atoms with Gasteiger partial charge in [0.05, 0.1) is 0 Å². The number of aromatic nitrogens is 1. The maximum Gasteiger partial charge on any atom is 0.187 e. The number of carbonyl (C=O) groups excluding carboxylic acids is 1. The molecule has 0 aliphatic carbocycles. The number of hydrogen-bond donors (Lipinski definition) is 0. The Morgan fingerprint density at radius 1 is 1.11 bits per heavy atom. The molecule has 1 aliphatic heterocycles. The zero-order chi connectivity index (χ0) is 19.5. The highest BCUT2D eigenvalue weighted by Gasteiger charge is 2.18. The molecule has 0 unspecified atom stereocenters. The van der Waals surface area contributed by atoms with Crippen LogP contribution in [0, 0.1) is 12.8 Å². The molecular formula is C25H28N2O. The van der Waals surface area contributed by atoms with E-state index in [1.807, 2.05) is 17.8 Å². The van der Waals surface area contributed by atoms with E-state index in [9.17, 15) is 4.79 Å². The third-order valence-electron chi connectivity index (χ3n) is 5.81. The lowest BCUT2D eigenvalue weighted by atomic mass is 9.95. The van der Waals surface area contributed by atoms with Crippen LogP contribution in [0.2, 0.25) is 0 Å². The van der Waals surface area contributed by atoms with Crippen LogP contribution >= 0.6 is 0 Å². The third kappa shape index (κ3) is 4.10. The molecule has 0 N–H and O–H groups in total. The number of allylic oxidation sites excluding steroid dienone is 2. The molecule has 28 heavy (non-hydrogen) atoms. The summed E-state index contributed by atoms with van der Waals surface area (Å²) in [6.07, 6.45) is 8.13. The molecular weight excluding hydrogens is 344 g/mol. The summed E-state index contributed by atoms with van der Waals surface area (Å²) in [5.74, 6) is 0.607. The number of ketones is 1. The molecule has 1 aliphatic rings. The van der Waals surface area contributed by atoms with E-state index in [1.165, 1.54) is 11.1 Å². The first-order valence-corrected chi connectivity index (χ1v) is 10.1. The molecule has 0 bridgehead atoms. The number of fused-ring (bicyclic) bond motifs is 1. The SMILES string of the molecule is Cc1ccc2c(c1)c(C(=O)C=CC1CCN(Cc3ccccc3)CC1)cn2C. The Balaban J connectivity index is 1.38. The van der Waals surface area contributed by atoms with Crippen molar-refractivity contribution in [2.24, 2.45) is 13.0 Å². The van der Waals surface area contributed by atoms with E-state index in [1.54, 1.807) is 6.08 Å². The molecule has 4 rings (SSSR count). The molecule has 2 aromatic carbocycles. The minimum absolute atomic E-state index is 0.114. The van der Waals surface area contributed by atoms with Crippen LogP contribution in [-0.2, 0) is 13.6 Å². The van der Waals surface area contributed by atoms with Crippen molar-refractivity contribution >= 4 is 16.7 Å². The van der Waals surface area contributed by atoms with E-state index >= 15 is 0 Å². The second-order valence-corrected chi connectivity index (χ2v) is 8.00. The van der Waals surface area contributed by atoms with Gasteiger partial charge in [0.25, 0.3) is 0 Å². The molecule has 3 heteroatoms. The van der Waals surface area contributed by atoms with Crippen molar-refractivity contribution in [2.75, 3.05) is 13.1 Å². The van der Waals surface area contributed by atoms with Crippen LogP contribution in [0.5, 0.6) is 0 Å². The van der Waals surface area contributed by atoms with Gasteiger partial charge < -0.3 is 4.57 Å². The highest BCUT2D eigenvalue weighted by Crippen LogP contribution is 2.24. The monoisotopic (exact) mass is 372 g/mol. The Labute approximate surface area is 167 Å². The number of nitrogens with zero attached hydrogens (tertiary/aromatic N) is 2. The average Bonchev–Trinajstić information content (AvgIpc) is 3.04. The first kappa shape index (κ1) is 18.7. The molecule has 3 aromatic rings. The molecule has 1 saturated heterocycles. The Bertz CT molecular complexity index is 992. The smallest absolute Gasteiger partial charge is 0.187 e. The lowest BCUT2D eigenvalue weighted by Gasteiger charge is -2.30. The maximum atomic E-state index is 12.8. The van der Waals surface area contributed by atoms with Gasteiger partial charge in [-0.2, -0.15) is 0 Å². The molecule has 0 amide bonds. The van der Waals surface area contributed by atoms with Crippen LogP contribution in [0.3, 0.4) is 0 Å².